The van der Waals surface area contributed by atoms with Crippen LogP contribution in [-0.4, -0.2) is 66.6 Å². The molecule has 2 amide bonds. The van der Waals surface area contributed by atoms with Gasteiger partial charge in [0, 0.05) is 13.1 Å². The molecule has 4 rings (SSSR count). The second-order valence-corrected chi connectivity index (χ2v) is 8.60. The summed E-state index contributed by atoms with van der Waals surface area (Å²) in [6.45, 7) is 3.92. The smallest absolute Gasteiger partial charge is 0.257 e. The molecule has 1 spiro atoms. The number of hydrogen-bond donors (Lipinski definition) is 0. The number of amides is 2. The molecule has 7 heteroatoms. The van der Waals surface area contributed by atoms with E-state index in [0.29, 0.717) is 32.7 Å². The highest BCUT2D eigenvalue weighted by Gasteiger charge is 2.46. The van der Waals surface area contributed by atoms with E-state index in [2.05, 4.69) is 6.07 Å². The molecule has 2 aliphatic rings. The summed E-state index contributed by atoms with van der Waals surface area (Å²) < 4.78 is 26.4. The van der Waals surface area contributed by atoms with E-state index in [9.17, 15) is 14.0 Å². The van der Waals surface area contributed by atoms with E-state index in [4.69, 9.17) is 9.47 Å². The highest BCUT2D eigenvalue weighted by Crippen LogP contribution is 2.30. The van der Waals surface area contributed by atoms with Gasteiger partial charge < -0.3 is 19.3 Å². The van der Waals surface area contributed by atoms with Crippen LogP contribution < -0.4 is 4.74 Å². The monoisotopic (exact) mass is 454 g/mol. The van der Waals surface area contributed by atoms with Gasteiger partial charge in [-0.2, -0.15) is 0 Å². The summed E-state index contributed by atoms with van der Waals surface area (Å²) in [6.07, 6.45) is 2.98. The Labute approximate surface area is 194 Å². The quantitative estimate of drug-likeness (QED) is 0.695. The van der Waals surface area contributed by atoms with Gasteiger partial charge in [0.05, 0.1) is 25.3 Å². The lowest BCUT2D eigenvalue weighted by Crippen LogP contribution is -2.62. The molecule has 33 heavy (non-hydrogen) atoms. The number of halogens is 1. The minimum Gasteiger partial charge on any atom is -0.491 e. The van der Waals surface area contributed by atoms with Gasteiger partial charge in [0.1, 0.15) is 18.2 Å². The first-order chi connectivity index (χ1) is 16.0. The summed E-state index contributed by atoms with van der Waals surface area (Å²) >= 11 is 0. The summed E-state index contributed by atoms with van der Waals surface area (Å²) in [5.41, 5.74) is 0.0448. The zero-order valence-corrected chi connectivity index (χ0v) is 19.1. The van der Waals surface area contributed by atoms with Gasteiger partial charge >= 0.3 is 0 Å². The Morgan fingerprint density at radius 1 is 1.06 bits per heavy atom. The third-order valence-electron chi connectivity index (χ3n) is 6.50. The number of hydrogen-bond acceptors (Lipinski definition) is 4. The molecule has 2 aromatic carbocycles. The van der Waals surface area contributed by atoms with Gasteiger partial charge in [-0.3, -0.25) is 9.59 Å². The molecule has 6 nitrogen and oxygen atoms in total. The van der Waals surface area contributed by atoms with E-state index < -0.39 is 17.3 Å². The van der Waals surface area contributed by atoms with Crippen molar-refractivity contribution < 1.29 is 23.5 Å². The first-order valence-electron chi connectivity index (χ1n) is 11.7. The average molecular weight is 455 g/mol. The van der Waals surface area contributed by atoms with Crippen LogP contribution in [0.25, 0.3) is 0 Å². The minimum atomic E-state index is -1.13. The zero-order valence-electron chi connectivity index (χ0n) is 19.1. The molecule has 0 radical (unpaired) electrons. The van der Waals surface area contributed by atoms with E-state index in [-0.39, 0.29) is 24.6 Å². The van der Waals surface area contributed by atoms with Crippen LogP contribution >= 0.6 is 0 Å². The van der Waals surface area contributed by atoms with Crippen LogP contribution in [0.15, 0.2) is 48.5 Å². The molecule has 176 valence electrons. The summed E-state index contributed by atoms with van der Waals surface area (Å²) in [5.74, 6) is -0.227. The zero-order chi connectivity index (χ0) is 23.3. The van der Waals surface area contributed by atoms with Crippen LogP contribution in [0.1, 0.15) is 42.1 Å². The van der Waals surface area contributed by atoms with E-state index >= 15 is 0 Å². The van der Waals surface area contributed by atoms with Crippen LogP contribution in [0, 0.1) is 5.82 Å². The van der Waals surface area contributed by atoms with Gasteiger partial charge in [0.2, 0.25) is 0 Å². The molecule has 0 aliphatic carbocycles. The maximum Gasteiger partial charge on any atom is 0.257 e. The molecule has 2 heterocycles. The maximum atomic E-state index is 14.3. The number of likely N-dealkylation sites (N-methyl/N-ethyl adjacent to an activating group) is 1. The first-order valence-corrected chi connectivity index (χ1v) is 11.7. The molecule has 0 aromatic heterocycles. The topological polar surface area (TPSA) is 59.1 Å². The molecule has 1 atom stereocenters. The van der Waals surface area contributed by atoms with Crippen LogP contribution in [-0.2, 0) is 16.0 Å². The van der Waals surface area contributed by atoms with Crippen LogP contribution in [0.3, 0.4) is 0 Å². The van der Waals surface area contributed by atoms with Crippen molar-refractivity contribution in [3.8, 4) is 5.75 Å². The van der Waals surface area contributed by atoms with Crippen molar-refractivity contribution in [1.29, 1.82) is 0 Å². The molecule has 1 unspecified atom stereocenters. The van der Waals surface area contributed by atoms with Crippen molar-refractivity contribution in [2.24, 2.45) is 0 Å². The summed E-state index contributed by atoms with van der Waals surface area (Å²) in [6, 6.07) is 14.0. The highest BCUT2D eigenvalue weighted by atomic mass is 19.1. The SMILES string of the molecule is CCN1CCOc2ccccc2CCCCC2(CN(C(=O)c3ccccc3F)CCO2)C1=O. The number of carbonyl (C=O) groups is 2. The fraction of sp³-hybridized carbons (Fsp3) is 0.462. The molecule has 1 saturated heterocycles. The standard InChI is InChI=1S/C26H31FN2O4/c1-2-28-15-17-32-23-13-6-3-9-20(23)10-7-8-14-26(25(28)31)19-29(16-18-33-26)24(30)21-11-4-5-12-22(21)27/h3-6,9,11-13H,2,7-8,10,14-19H2,1H3. The Kier molecular flexibility index (Phi) is 7.28. The van der Waals surface area contributed by atoms with E-state index in [1.54, 1.807) is 21.9 Å². The number of carbonyl (C=O) groups excluding carboxylic acids is 2. The molecular formula is C26H31FN2O4. The summed E-state index contributed by atoms with van der Waals surface area (Å²) in [4.78, 5) is 30.1. The number of para-hydroxylation sites is 1. The third-order valence-corrected chi connectivity index (χ3v) is 6.50. The van der Waals surface area contributed by atoms with Crippen molar-refractivity contribution in [2.45, 2.75) is 38.2 Å². The Bertz CT molecular complexity index is 998. The Balaban J connectivity index is 1.58. The van der Waals surface area contributed by atoms with Gasteiger partial charge in [0.15, 0.2) is 5.60 Å². The normalized spacial score (nSPS) is 22.2. The number of morpholine rings is 1. The van der Waals surface area contributed by atoms with Gasteiger partial charge in [-0.25, -0.2) is 4.39 Å². The molecule has 0 N–H and O–H groups in total. The van der Waals surface area contributed by atoms with Gasteiger partial charge in [-0.15, -0.1) is 0 Å². The van der Waals surface area contributed by atoms with Crippen molar-refractivity contribution >= 4 is 11.8 Å². The lowest BCUT2D eigenvalue weighted by Gasteiger charge is -2.44. The lowest BCUT2D eigenvalue weighted by molar-refractivity contribution is -0.170. The minimum absolute atomic E-state index is 0.0208. The lowest BCUT2D eigenvalue weighted by atomic mass is 9.90. The van der Waals surface area contributed by atoms with Crippen molar-refractivity contribution in [2.75, 3.05) is 39.4 Å². The first kappa shape index (κ1) is 23.2. The number of rotatable bonds is 2. The van der Waals surface area contributed by atoms with Gasteiger partial charge in [0.25, 0.3) is 11.8 Å². The van der Waals surface area contributed by atoms with Crippen LogP contribution in [0.5, 0.6) is 5.75 Å². The second-order valence-electron chi connectivity index (χ2n) is 8.60. The summed E-state index contributed by atoms with van der Waals surface area (Å²) in [7, 11) is 0. The van der Waals surface area contributed by atoms with Crippen LogP contribution in [0.4, 0.5) is 4.39 Å². The maximum absolute atomic E-state index is 14.3. The number of fused-ring (bicyclic) bond motifs is 1. The average Bonchev–Trinajstić information content (AvgIpc) is 2.84. The summed E-state index contributed by atoms with van der Waals surface area (Å²) in [5, 5.41) is 0. The number of nitrogens with zero attached hydrogens (tertiary/aromatic N) is 2. The van der Waals surface area contributed by atoms with Gasteiger partial charge in [-0.05, 0) is 56.4 Å². The predicted molar refractivity (Wildman–Crippen MR) is 123 cm³/mol. The number of benzene rings is 2. The van der Waals surface area contributed by atoms with Crippen LogP contribution in [0.2, 0.25) is 0 Å². The Morgan fingerprint density at radius 3 is 2.67 bits per heavy atom. The van der Waals surface area contributed by atoms with Crippen molar-refractivity contribution in [3.05, 3.63) is 65.5 Å². The van der Waals surface area contributed by atoms with Crippen molar-refractivity contribution in [1.82, 2.24) is 9.80 Å². The Hall–Kier alpha value is -2.93. The fourth-order valence-corrected chi connectivity index (χ4v) is 4.68. The molecule has 0 bridgehead atoms. The number of aryl methyl sites for hydroxylation is 1. The molecule has 2 aliphatic heterocycles. The molecule has 2 aromatic rings. The van der Waals surface area contributed by atoms with Crippen molar-refractivity contribution in [3.63, 3.8) is 0 Å². The van der Waals surface area contributed by atoms with E-state index in [1.807, 2.05) is 25.1 Å². The largest absolute Gasteiger partial charge is 0.491 e. The van der Waals surface area contributed by atoms with E-state index in [0.717, 1.165) is 30.6 Å². The Morgan fingerprint density at radius 2 is 1.85 bits per heavy atom. The second kappa shape index (κ2) is 10.3. The third kappa shape index (κ3) is 5.03. The number of ether oxygens (including phenoxy) is 2. The molecule has 1 fully saturated rings. The molecular weight excluding hydrogens is 423 g/mol. The molecule has 0 saturated carbocycles. The predicted octanol–water partition coefficient (Wildman–Crippen LogP) is 3.69. The van der Waals surface area contributed by atoms with E-state index in [1.165, 1.54) is 12.1 Å². The van der Waals surface area contributed by atoms with Gasteiger partial charge in [-0.1, -0.05) is 30.3 Å². The highest BCUT2D eigenvalue weighted by molar-refractivity contribution is 5.95. The fourth-order valence-electron chi connectivity index (χ4n) is 4.68.